The summed E-state index contributed by atoms with van der Waals surface area (Å²) in [6, 6.07) is 3.43. The number of benzene rings is 1. The fourth-order valence-corrected chi connectivity index (χ4v) is 1.80. The van der Waals surface area contributed by atoms with Crippen LogP contribution in [0.5, 0.6) is 5.75 Å². The Balaban J connectivity index is 3.36. The molecule has 1 rings (SSSR count). The molecule has 0 amide bonds. The first-order chi connectivity index (χ1) is 7.51. The van der Waals surface area contributed by atoms with E-state index in [1.807, 2.05) is 13.8 Å². The SMILES string of the molecule is COc1cc(C(C)C)c(C(=O)CN)cc1Cl. The first-order valence-corrected chi connectivity index (χ1v) is 5.49. The van der Waals surface area contributed by atoms with E-state index in [1.54, 1.807) is 19.2 Å². The summed E-state index contributed by atoms with van der Waals surface area (Å²) in [5.41, 5.74) is 6.87. The summed E-state index contributed by atoms with van der Waals surface area (Å²) in [4.78, 5) is 11.7. The minimum atomic E-state index is -0.103. The average Bonchev–Trinajstić information content (AvgIpc) is 2.27. The molecule has 0 aliphatic heterocycles. The van der Waals surface area contributed by atoms with Gasteiger partial charge in [0.15, 0.2) is 5.78 Å². The standard InChI is InChI=1S/C12H16ClNO2/c1-7(2)8-5-12(16-3)10(13)4-9(8)11(15)6-14/h4-5,7H,6,14H2,1-3H3. The van der Waals surface area contributed by atoms with Gasteiger partial charge in [0, 0.05) is 5.56 Å². The minimum Gasteiger partial charge on any atom is -0.495 e. The molecular weight excluding hydrogens is 226 g/mol. The Hall–Kier alpha value is -1.06. The highest BCUT2D eigenvalue weighted by atomic mass is 35.5. The van der Waals surface area contributed by atoms with Crippen molar-refractivity contribution in [1.29, 1.82) is 0 Å². The molecule has 4 heteroatoms. The van der Waals surface area contributed by atoms with Gasteiger partial charge in [0.25, 0.3) is 0 Å². The summed E-state index contributed by atoms with van der Waals surface area (Å²) >= 11 is 5.99. The topological polar surface area (TPSA) is 52.3 Å². The largest absolute Gasteiger partial charge is 0.495 e. The predicted octanol–water partition coefficient (Wildman–Crippen LogP) is 2.61. The third-order valence-electron chi connectivity index (χ3n) is 2.43. The van der Waals surface area contributed by atoms with Crippen molar-refractivity contribution in [2.45, 2.75) is 19.8 Å². The molecule has 0 saturated carbocycles. The zero-order chi connectivity index (χ0) is 12.3. The number of carbonyl (C=O) groups excluding carboxylic acids is 1. The molecule has 0 atom stereocenters. The van der Waals surface area contributed by atoms with E-state index < -0.39 is 0 Å². The second-order valence-electron chi connectivity index (χ2n) is 3.86. The Labute approximate surface area is 101 Å². The Morgan fingerprint density at radius 3 is 2.56 bits per heavy atom. The number of halogens is 1. The third kappa shape index (κ3) is 2.54. The Morgan fingerprint density at radius 1 is 1.50 bits per heavy atom. The van der Waals surface area contributed by atoms with E-state index in [4.69, 9.17) is 22.1 Å². The highest BCUT2D eigenvalue weighted by Crippen LogP contribution is 2.31. The van der Waals surface area contributed by atoms with E-state index in [0.29, 0.717) is 16.3 Å². The van der Waals surface area contributed by atoms with Gasteiger partial charge in [-0.25, -0.2) is 0 Å². The summed E-state index contributed by atoms with van der Waals surface area (Å²) in [5.74, 6) is 0.698. The van der Waals surface area contributed by atoms with Crippen LogP contribution in [0.15, 0.2) is 12.1 Å². The molecular formula is C12H16ClNO2. The van der Waals surface area contributed by atoms with Crippen LogP contribution in [0.25, 0.3) is 0 Å². The molecule has 1 aromatic carbocycles. The second kappa shape index (κ2) is 5.32. The summed E-state index contributed by atoms with van der Waals surface area (Å²) < 4.78 is 5.13. The second-order valence-corrected chi connectivity index (χ2v) is 4.26. The van der Waals surface area contributed by atoms with E-state index in [9.17, 15) is 4.79 Å². The fourth-order valence-electron chi connectivity index (χ4n) is 1.55. The molecule has 88 valence electrons. The first-order valence-electron chi connectivity index (χ1n) is 5.12. The zero-order valence-electron chi connectivity index (χ0n) is 9.71. The molecule has 0 fully saturated rings. The number of nitrogens with two attached hydrogens (primary N) is 1. The van der Waals surface area contributed by atoms with E-state index in [-0.39, 0.29) is 18.2 Å². The van der Waals surface area contributed by atoms with Crippen LogP contribution in [0.4, 0.5) is 0 Å². The molecule has 0 spiro atoms. The number of methoxy groups -OCH3 is 1. The van der Waals surface area contributed by atoms with Crippen molar-refractivity contribution in [2.24, 2.45) is 5.73 Å². The van der Waals surface area contributed by atoms with Gasteiger partial charge in [-0.1, -0.05) is 25.4 Å². The van der Waals surface area contributed by atoms with Crippen molar-refractivity contribution >= 4 is 17.4 Å². The lowest BCUT2D eigenvalue weighted by Crippen LogP contribution is -2.16. The number of rotatable bonds is 4. The molecule has 0 bridgehead atoms. The smallest absolute Gasteiger partial charge is 0.176 e. The first kappa shape index (κ1) is 13.0. The maximum absolute atomic E-state index is 11.7. The van der Waals surface area contributed by atoms with Crippen LogP contribution in [0, 0.1) is 0 Å². The lowest BCUT2D eigenvalue weighted by Gasteiger charge is -2.14. The van der Waals surface area contributed by atoms with Crippen molar-refractivity contribution in [3.05, 3.63) is 28.3 Å². The normalized spacial score (nSPS) is 10.6. The highest BCUT2D eigenvalue weighted by molar-refractivity contribution is 6.32. The Morgan fingerprint density at radius 2 is 2.12 bits per heavy atom. The number of hydrogen-bond donors (Lipinski definition) is 1. The van der Waals surface area contributed by atoms with E-state index in [1.165, 1.54) is 0 Å². The van der Waals surface area contributed by atoms with Crippen LogP contribution < -0.4 is 10.5 Å². The summed E-state index contributed by atoms with van der Waals surface area (Å²) in [5, 5.41) is 0.434. The van der Waals surface area contributed by atoms with Gasteiger partial charge >= 0.3 is 0 Å². The van der Waals surface area contributed by atoms with Crippen LogP contribution in [0.1, 0.15) is 35.7 Å². The molecule has 0 aliphatic rings. The summed E-state index contributed by atoms with van der Waals surface area (Å²) in [6.45, 7) is 4.01. The van der Waals surface area contributed by atoms with Crippen LogP contribution in [-0.4, -0.2) is 19.4 Å². The lowest BCUT2D eigenvalue weighted by molar-refractivity contribution is 0.1000. The van der Waals surface area contributed by atoms with Crippen LogP contribution >= 0.6 is 11.6 Å². The third-order valence-corrected chi connectivity index (χ3v) is 2.73. The van der Waals surface area contributed by atoms with Crippen molar-refractivity contribution in [2.75, 3.05) is 13.7 Å². The van der Waals surface area contributed by atoms with Gasteiger partial charge in [0.05, 0.1) is 18.7 Å². The van der Waals surface area contributed by atoms with Crippen molar-refractivity contribution in [3.63, 3.8) is 0 Å². The molecule has 2 N–H and O–H groups in total. The number of ether oxygens (including phenoxy) is 1. The number of carbonyl (C=O) groups is 1. The molecule has 16 heavy (non-hydrogen) atoms. The Bertz CT molecular complexity index is 402. The van der Waals surface area contributed by atoms with Crippen molar-refractivity contribution in [3.8, 4) is 5.75 Å². The molecule has 0 radical (unpaired) electrons. The van der Waals surface area contributed by atoms with Crippen molar-refractivity contribution < 1.29 is 9.53 Å². The zero-order valence-corrected chi connectivity index (χ0v) is 10.5. The van der Waals surface area contributed by atoms with Gasteiger partial charge in [-0.05, 0) is 23.6 Å². The summed E-state index contributed by atoms with van der Waals surface area (Å²) in [7, 11) is 1.55. The molecule has 0 aliphatic carbocycles. The maximum Gasteiger partial charge on any atom is 0.176 e. The van der Waals surface area contributed by atoms with Crippen molar-refractivity contribution in [1.82, 2.24) is 0 Å². The number of hydrogen-bond acceptors (Lipinski definition) is 3. The number of Topliss-reactive ketones (excluding diaryl/α,β-unsaturated/α-hetero) is 1. The lowest BCUT2D eigenvalue weighted by atomic mass is 9.94. The molecule has 0 aromatic heterocycles. The fraction of sp³-hybridized carbons (Fsp3) is 0.417. The van der Waals surface area contributed by atoms with Crippen LogP contribution in [0.2, 0.25) is 5.02 Å². The number of ketones is 1. The quantitative estimate of drug-likeness (QED) is 0.825. The molecule has 0 heterocycles. The average molecular weight is 242 g/mol. The van der Waals surface area contributed by atoms with E-state index in [0.717, 1.165) is 5.56 Å². The molecule has 0 saturated heterocycles. The minimum absolute atomic E-state index is 0.0115. The maximum atomic E-state index is 11.7. The van der Waals surface area contributed by atoms with Gasteiger partial charge in [-0.2, -0.15) is 0 Å². The van der Waals surface area contributed by atoms with Gasteiger partial charge < -0.3 is 10.5 Å². The van der Waals surface area contributed by atoms with Crippen LogP contribution in [-0.2, 0) is 0 Å². The summed E-state index contributed by atoms with van der Waals surface area (Å²) in [6.07, 6.45) is 0. The van der Waals surface area contributed by atoms with Gasteiger partial charge in [0.1, 0.15) is 5.75 Å². The predicted molar refractivity (Wildman–Crippen MR) is 65.5 cm³/mol. The monoisotopic (exact) mass is 241 g/mol. The molecule has 0 unspecified atom stereocenters. The molecule has 3 nitrogen and oxygen atoms in total. The van der Waals surface area contributed by atoms with Crippen LogP contribution in [0.3, 0.4) is 0 Å². The van der Waals surface area contributed by atoms with Gasteiger partial charge in [0.2, 0.25) is 0 Å². The van der Waals surface area contributed by atoms with Gasteiger partial charge in [-0.15, -0.1) is 0 Å². The highest BCUT2D eigenvalue weighted by Gasteiger charge is 2.16. The van der Waals surface area contributed by atoms with E-state index in [2.05, 4.69) is 0 Å². The van der Waals surface area contributed by atoms with E-state index >= 15 is 0 Å². The Kier molecular flexibility index (Phi) is 4.33. The molecule has 1 aromatic rings. The van der Waals surface area contributed by atoms with Gasteiger partial charge in [-0.3, -0.25) is 4.79 Å².